The molecule has 0 aliphatic carbocycles. The predicted octanol–water partition coefficient (Wildman–Crippen LogP) is 3.06. The molecule has 2 aliphatic rings. The number of hydrogen-bond acceptors (Lipinski definition) is 3. The highest BCUT2D eigenvalue weighted by Crippen LogP contribution is 2.37. The zero-order valence-electron chi connectivity index (χ0n) is 12.3. The molecule has 0 amide bonds. The molecule has 21 heavy (non-hydrogen) atoms. The quantitative estimate of drug-likeness (QED) is 0.906. The molecule has 1 N–H and O–H groups in total. The summed E-state index contributed by atoms with van der Waals surface area (Å²) in [6.07, 6.45) is 4.32. The Labute approximate surface area is 131 Å². The van der Waals surface area contributed by atoms with Crippen molar-refractivity contribution in [1.29, 1.82) is 0 Å². The zero-order chi connectivity index (χ0) is 14.0. The maximum absolute atomic E-state index is 13.7. The van der Waals surface area contributed by atoms with Crippen molar-refractivity contribution in [2.75, 3.05) is 13.7 Å². The van der Waals surface area contributed by atoms with Gasteiger partial charge in [0.25, 0.3) is 0 Å². The summed E-state index contributed by atoms with van der Waals surface area (Å²) in [5.74, 6) is -0.197. The molecular weight excluding hydrogens is 293 g/mol. The van der Waals surface area contributed by atoms with Crippen molar-refractivity contribution in [2.45, 2.75) is 50.0 Å². The number of hydrogen-bond donors (Lipinski definition) is 1. The molecule has 118 valence electrons. The third-order valence-electron chi connectivity index (χ3n) is 4.47. The normalized spacial score (nSPS) is 31.0. The van der Waals surface area contributed by atoms with Gasteiger partial charge in [0, 0.05) is 24.8 Å². The van der Waals surface area contributed by atoms with E-state index in [1.54, 1.807) is 19.2 Å². The first-order chi connectivity index (χ1) is 9.71. The minimum Gasteiger partial charge on any atom is -0.382 e. The maximum Gasteiger partial charge on any atom is 0.128 e. The standard InChI is InChI=1S/C16H22FNO2.ClH/c1-19-11-16(8-13-6-7-14(9-16)18-13)20-10-12-4-2-3-5-15(12)17;/h2-5,13-14,18H,6-11H2,1H3;1H/t13-,14+,16?;. The van der Waals surface area contributed by atoms with E-state index in [1.807, 2.05) is 6.07 Å². The van der Waals surface area contributed by atoms with Gasteiger partial charge in [-0.1, -0.05) is 18.2 Å². The molecule has 0 spiro atoms. The Bertz CT molecular complexity index is 459. The molecule has 3 nitrogen and oxygen atoms in total. The van der Waals surface area contributed by atoms with E-state index in [0.29, 0.717) is 30.9 Å². The van der Waals surface area contributed by atoms with Crippen LogP contribution in [-0.2, 0) is 16.1 Å². The minimum atomic E-state index is -0.270. The number of methoxy groups -OCH3 is 1. The molecule has 3 atom stereocenters. The van der Waals surface area contributed by atoms with Crippen LogP contribution < -0.4 is 5.32 Å². The lowest BCUT2D eigenvalue weighted by molar-refractivity contribution is -0.123. The number of nitrogens with one attached hydrogen (secondary N) is 1. The first-order valence-corrected chi connectivity index (χ1v) is 7.33. The largest absolute Gasteiger partial charge is 0.382 e. The van der Waals surface area contributed by atoms with Crippen molar-refractivity contribution in [1.82, 2.24) is 5.32 Å². The van der Waals surface area contributed by atoms with Crippen LogP contribution >= 0.6 is 12.4 Å². The van der Waals surface area contributed by atoms with Gasteiger partial charge in [0.05, 0.1) is 18.8 Å². The highest BCUT2D eigenvalue weighted by molar-refractivity contribution is 5.85. The van der Waals surface area contributed by atoms with Crippen LogP contribution in [0.2, 0.25) is 0 Å². The van der Waals surface area contributed by atoms with Crippen LogP contribution in [0.4, 0.5) is 4.39 Å². The Hall–Kier alpha value is -0.680. The number of rotatable bonds is 5. The fourth-order valence-corrected chi connectivity index (χ4v) is 3.59. The average molecular weight is 316 g/mol. The van der Waals surface area contributed by atoms with Gasteiger partial charge in [0.15, 0.2) is 0 Å². The monoisotopic (exact) mass is 315 g/mol. The molecule has 3 rings (SSSR count). The zero-order valence-corrected chi connectivity index (χ0v) is 13.1. The maximum atomic E-state index is 13.7. The predicted molar refractivity (Wildman–Crippen MR) is 82.2 cm³/mol. The van der Waals surface area contributed by atoms with Crippen molar-refractivity contribution in [3.8, 4) is 0 Å². The smallest absolute Gasteiger partial charge is 0.128 e. The molecule has 2 aliphatic heterocycles. The highest BCUT2D eigenvalue weighted by Gasteiger charge is 2.44. The van der Waals surface area contributed by atoms with Gasteiger partial charge < -0.3 is 14.8 Å². The molecule has 5 heteroatoms. The molecule has 1 unspecified atom stereocenters. The van der Waals surface area contributed by atoms with Crippen molar-refractivity contribution in [3.05, 3.63) is 35.6 Å². The lowest BCUT2D eigenvalue weighted by atomic mass is 9.88. The van der Waals surface area contributed by atoms with E-state index in [-0.39, 0.29) is 23.8 Å². The van der Waals surface area contributed by atoms with Crippen molar-refractivity contribution in [2.24, 2.45) is 0 Å². The first-order valence-electron chi connectivity index (χ1n) is 7.33. The molecule has 0 radical (unpaired) electrons. The van der Waals surface area contributed by atoms with Gasteiger partial charge in [0.1, 0.15) is 5.82 Å². The Balaban J connectivity index is 0.00000161. The topological polar surface area (TPSA) is 30.5 Å². The molecule has 1 aromatic rings. The number of piperidine rings is 1. The lowest BCUT2D eigenvalue weighted by Crippen LogP contribution is -2.52. The lowest BCUT2D eigenvalue weighted by Gasteiger charge is -2.40. The van der Waals surface area contributed by atoms with Crippen LogP contribution in [0, 0.1) is 5.82 Å². The van der Waals surface area contributed by atoms with E-state index >= 15 is 0 Å². The Morgan fingerprint density at radius 2 is 1.90 bits per heavy atom. The van der Waals surface area contributed by atoms with E-state index in [2.05, 4.69) is 5.32 Å². The van der Waals surface area contributed by atoms with Gasteiger partial charge in [-0.05, 0) is 31.7 Å². The molecule has 1 aromatic carbocycles. The first kappa shape index (κ1) is 16.7. The van der Waals surface area contributed by atoms with Gasteiger partial charge in [-0.25, -0.2) is 4.39 Å². The number of benzene rings is 1. The van der Waals surface area contributed by atoms with Gasteiger partial charge in [0.2, 0.25) is 0 Å². The minimum absolute atomic E-state index is 0. The highest BCUT2D eigenvalue weighted by atomic mass is 35.5. The van der Waals surface area contributed by atoms with Gasteiger partial charge in [-0.2, -0.15) is 0 Å². The third kappa shape index (κ3) is 3.75. The van der Waals surface area contributed by atoms with Crippen LogP contribution in [0.15, 0.2) is 24.3 Å². The Morgan fingerprint density at radius 3 is 2.52 bits per heavy atom. The van der Waals surface area contributed by atoms with E-state index in [4.69, 9.17) is 9.47 Å². The van der Waals surface area contributed by atoms with Gasteiger partial charge >= 0.3 is 0 Å². The summed E-state index contributed by atoms with van der Waals surface area (Å²) in [4.78, 5) is 0. The van der Waals surface area contributed by atoms with Crippen molar-refractivity contribution >= 4 is 12.4 Å². The van der Waals surface area contributed by atoms with Crippen LogP contribution in [0.3, 0.4) is 0 Å². The third-order valence-corrected chi connectivity index (χ3v) is 4.47. The fraction of sp³-hybridized carbons (Fsp3) is 0.625. The fourth-order valence-electron chi connectivity index (χ4n) is 3.59. The number of halogens is 2. The molecule has 0 aromatic heterocycles. The Morgan fingerprint density at radius 1 is 1.24 bits per heavy atom. The van der Waals surface area contributed by atoms with Crippen LogP contribution in [0.1, 0.15) is 31.2 Å². The summed E-state index contributed by atoms with van der Waals surface area (Å²) in [6, 6.07) is 7.85. The Kier molecular flexibility index (Phi) is 5.60. The molecule has 2 heterocycles. The molecule has 2 fully saturated rings. The molecule has 2 saturated heterocycles. The molecule has 2 bridgehead atoms. The number of fused-ring (bicyclic) bond motifs is 2. The summed E-state index contributed by atoms with van der Waals surface area (Å²) in [5, 5.41) is 3.60. The van der Waals surface area contributed by atoms with Crippen LogP contribution in [0.25, 0.3) is 0 Å². The van der Waals surface area contributed by atoms with Gasteiger partial charge in [-0.3, -0.25) is 0 Å². The van der Waals surface area contributed by atoms with E-state index < -0.39 is 0 Å². The van der Waals surface area contributed by atoms with Crippen molar-refractivity contribution < 1.29 is 13.9 Å². The summed E-state index contributed by atoms with van der Waals surface area (Å²) in [7, 11) is 1.71. The SMILES string of the molecule is COCC1(OCc2ccccc2F)C[C@H]2CC[C@@H](C1)N2.Cl. The average Bonchev–Trinajstić information content (AvgIpc) is 2.78. The summed E-state index contributed by atoms with van der Waals surface area (Å²) in [6.45, 7) is 0.894. The second-order valence-electron chi connectivity index (χ2n) is 6.04. The van der Waals surface area contributed by atoms with E-state index in [0.717, 1.165) is 12.8 Å². The van der Waals surface area contributed by atoms with E-state index in [9.17, 15) is 4.39 Å². The second kappa shape index (κ2) is 7.05. The molecule has 0 saturated carbocycles. The second-order valence-corrected chi connectivity index (χ2v) is 6.04. The summed E-state index contributed by atoms with van der Waals surface area (Å²) in [5.41, 5.74) is 0.350. The molecular formula is C16H23ClFNO2. The van der Waals surface area contributed by atoms with Crippen molar-refractivity contribution in [3.63, 3.8) is 0 Å². The summed E-state index contributed by atoms with van der Waals surface area (Å²) >= 11 is 0. The summed E-state index contributed by atoms with van der Waals surface area (Å²) < 4.78 is 25.2. The van der Waals surface area contributed by atoms with Gasteiger partial charge in [-0.15, -0.1) is 12.4 Å². The van der Waals surface area contributed by atoms with Crippen LogP contribution in [-0.4, -0.2) is 31.4 Å². The van der Waals surface area contributed by atoms with E-state index in [1.165, 1.54) is 18.9 Å². The van der Waals surface area contributed by atoms with Crippen LogP contribution in [0.5, 0.6) is 0 Å². The number of ether oxygens (including phenoxy) is 2.